The molecule has 2 N–H and O–H groups in total. The van der Waals surface area contributed by atoms with E-state index in [1.807, 2.05) is 97.1 Å². The van der Waals surface area contributed by atoms with Crippen molar-refractivity contribution in [2.24, 2.45) is 0 Å². The third-order valence-corrected chi connectivity index (χ3v) is 13.7. The number of nitrogens with one attached hydrogen (secondary N) is 2. The molecule has 69 heavy (non-hydrogen) atoms. The molecule has 0 radical (unpaired) electrons. The maximum absolute atomic E-state index is 12.0. The van der Waals surface area contributed by atoms with E-state index in [0.717, 1.165) is 33.6 Å². The van der Waals surface area contributed by atoms with E-state index in [1.54, 1.807) is 12.1 Å². The van der Waals surface area contributed by atoms with Crippen LogP contribution < -0.4 is 20.8 Å². The third-order valence-electron chi connectivity index (χ3n) is 13.7. The van der Waals surface area contributed by atoms with Crippen LogP contribution in [-0.2, 0) is 38.2 Å². The van der Waals surface area contributed by atoms with Gasteiger partial charge in [0.2, 0.25) is 0 Å². The van der Waals surface area contributed by atoms with Gasteiger partial charge in [0.15, 0.2) is 0 Å². The first kappa shape index (κ1) is 51.2. The van der Waals surface area contributed by atoms with Crippen LogP contribution in [0.1, 0.15) is 121 Å². The molecule has 0 heterocycles. The number of rotatable bonds is 14. The van der Waals surface area contributed by atoms with Gasteiger partial charge in [0.05, 0.1) is 11.9 Å². The quantitative estimate of drug-likeness (QED) is 0.105. The number of carbonyl (C=O) groups is 2. The zero-order chi connectivity index (χ0) is 48.7. The van der Waals surface area contributed by atoms with Crippen molar-refractivity contribution in [1.82, 2.24) is 0 Å². The molecule has 8 aromatic rings. The number of carbonyl (C=O) groups excluding carboxylic acids is 2. The topological polar surface area (TPSA) is 104 Å². The second kappa shape index (κ2) is 21.4. The molecule has 0 atom stereocenters. The minimum absolute atomic E-state index is 0. The van der Waals surface area contributed by atoms with Gasteiger partial charge in [-0.3, -0.25) is 0 Å². The second-order valence-corrected chi connectivity index (χ2v) is 19.5. The molecular weight excluding hydrogens is 895 g/mol. The first-order valence-corrected chi connectivity index (χ1v) is 23.1. The summed E-state index contributed by atoms with van der Waals surface area (Å²) in [6.07, 6.45) is 0. The van der Waals surface area contributed by atoms with E-state index in [-0.39, 0.29) is 49.3 Å². The van der Waals surface area contributed by atoms with E-state index < -0.39 is 11.9 Å². The Hall–Kier alpha value is -7.21. The average molecular weight is 956 g/mol. The Bertz CT molecular complexity index is 2760. The van der Waals surface area contributed by atoms with Gasteiger partial charge in [-0.2, -0.15) is 0 Å². The van der Waals surface area contributed by atoms with Crippen LogP contribution in [0, 0.1) is 0 Å². The van der Waals surface area contributed by atoms with E-state index in [1.165, 1.54) is 22.3 Å². The van der Waals surface area contributed by atoms with Crippen molar-refractivity contribution in [3.8, 4) is 0 Å². The molecule has 0 unspecified atom stereocenters. The molecule has 0 spiro atoms. The zero-order valence-electron chi connectivity index (χ0n) is 40.6. The molecule has 352 valence electrons. The van der Waals surface area contributed by atoms with Crippen LogP contribution in [0.5, 0.6) is 0 Å². The largest absolute Gasteiger partial charge is 2.00 e. The van der Waals surface area contributed by atoms with Gasteiger partial charge in [-0.05, 0) is 93.0 Å². The summed E-state index contributed by atoms with van der Waals surface area (Å²) in [5.41, 5.74) is 11.0. The van der Waals surface area contributed by atoms with Gasteiger partial charge in [0, 0.05) is 55.5 Å². The summed E-state index contributed by atoms with van der Waals surface area (Å²) in [5, 5.41) is 30.6. The second-order valence-electron chi connectivity index (χ2n) is 19.5. The van der Waals surface area contributed by atoms with Crippen molar-refractivity contribution in [1.29, 1.82) is 0 Å². The number of hydrogen-bond donors (Lipinski definition) is 2. The predicted molar refractivity (Wildman–Crippen MR) is 275 cm³/mol. The molecule has 8 aromatic carbocycles. The monoisotopic (exact) mass is 954 g/mol. The number of hydrogen-bond acceptors (Lipinski definition) is 6. The number of aromatic carboxylic acids is 2. The van der Waals surface area contributed by atoms with E-state index in [2.05, 4.69) is 163 Å². The van der Waals surface area contributed by atoms with Gasteiger partial charge >= 0.3 is 16.5 Å². The Morgan fingerprint density at radius 1 is 0.319 bits per heavy atom. The van der Waals surface area contributed by atoms with Crippen molar-refractivity contribution < 1.29 is 36.3 Å². The number of carboxylic acids is 2. The maximum Gasteiger partial charge on any atom is 2.00 e. The third kappa shape index (κ3) is 11.6. The fourth-order valence-corrected chi connectivity index (χ4v) is 8.76. The Morgan fingerprint density at radius 2 is 0.536 bits per heavy atom. The van der Waals surface area contributed by atoms with Crippen molar-refractivity contribution >= 4 is 34.7 Å². The SMILES string of the molecule is CC(C)(c1ccccc1)c1ccc(Nc2ccc(C(C)(C)c3ccccc3)cc2C(=O)[O-])cc1.CC(C)(c1ccccc1)c1ccc(Nc2ccc(C(C)(C)c3ccccc3)cc2C(=O)[O-])cc1.[Ni+2]. The summed E-state index contributed by atoms with van der Waals surface area (Å²) in [7, 11) is 0. The molecule has 0 aliphatic rings. The molecular formula is C62H60N2NiO4. The standard InChI is InChI=1S/2C31H31NO2.Ni/c2*1-30(2,22-11-7-5-8-12-22)24-15-18-26(19-16-24)32-28-20-17-25(21-27(28)29(33)34)31(3,4)23-13-9-6-10-14-23;/h2*5-21,32H,1-4H3,(H,33,34);/q;;+2/p-2. The van der Waals surface area contributed by atoms with Crippen LogP contribution in [0.25, 0.3) is 0 Å². The first-order valence-electron chi connectivity index (χ1n) is 23.1. The van der Waals surface area contributed by atoms with E-state index >= 15 is 0 Å². The maximum atomic E-state index is 12.0. The van der Waals surface area contributed by atoms with Crippen LogP contribution in [0.3, 0.4) is 0 Å². The fourth-order valence-electron chi connectivity index (χ4n) is 8.76. The summed E-state index contributed by atoms with van der Waals surface area (Å²) in [5.74, 6) is -2.40. The Kier molecular flexibility index (Phi) is 15.9. The molecule has 0 aromatic heterocycles. The molecule has 0 bridgehead atoms. The van der Waals surface area contributed by atoms with Gasteiger partial charge in [0.25, 0.3) is 0 Å². The predicted octanol–water partition coefficient (Wildman–Crippen LogP) is 12.9. The zero-order valence-corrected chi connectivity index (χ0v) is 41.6. The van der Waals surface area contributed by atoms with Gasteiger partial charge in [-0.15, -0.1) is 0 Å². The summed E-state index contributed by atoms with van der Waals surface area (Å²) < 4.78 is 0. The smallest absolute Gasteiger partial charge is 0.545 e. The molecule has 6 nitrogen and oxygen atoms in total. The molecule has 0 amide bonds. The summed E-state index contributed by atoms with van der Waals surface area (Å²) in [6.45, 7) is 17.2. The van der Waals surface area contributed by atoms with Crippen LogP contribution in [0.4, 0.5) is 22.7 Å². The van der Waals surface area contributed by atoms with Gasteiger partial charge in [-0.1, -0.05) is 213 Å². The van der Waals surface area contributed by atoms with Crippen LogP contribution >= 0.6 is 0 Å². The van der Waals surface area contributed by atoms with E-state index in [9.17, 15) is 19.8 Å². The van der Waals surface area contributed by atoms with Gasteiger partial charge in [0.1, 0.15) is 0 Å². The molecule has 0 saturated heterocycles. The molecule has 0 fully saturated rings. The molecule has 0 saturated carbocycles. The Balaban J connectivity index is 0.000000224. The number of anilines is 4. The average Bonchev–Trinajstić information content (AvgIpc) is 3.35. The molecule has 0 aliphatic carbocycles. The molecule has 7 heteroatoms. The van der Waals surface area contributed by atoms with Gasteiger partial charge < -0.3 is 30.4 Å². The molecule has 8 rings (SSSR count). The van der Waals surface area contributed by atoms with Crippen LogP contribution in [-0.4, -0.2) is 11.9 Å². The van der Waals surface area contributed by atoms with Crippen LogP contribution in [0.15, 0.2) is 206 Å². The van der Waals surface area contributed by atoms with Gasteiger partial charge in [-0.25, -0.2) is 0 Å². The first-order chi connectivity index (χ1) is 32.4. The van der Waals surface area contributed by atoms with Crippen molar-refractivity contribution in [3.05, 3.63) is 262 Å². The fraction of sp³-hybridized carbons (Fsp3) is 0.194. The normalized spacial score (nSPS) is 11.6. The van der Waals surface area contributed by atoms with Crippen molar-refractivity contribution in [2.75, 3.05) is 10.6 Å². The summed E-state index contributed by atoms with van der Waals surface area (Å²) in [6, 6.07) is 68.3. The minimum Gasteiger partial charge on any atom is -0.545 e. The van der Waals surface area contributed by atoms with Crippen LogP contribution in [0.2, 0.25) is 0 Å². The molecule has 0 aliphatic heterocycles. The number of benzene rings is 8. The Morgan fingerprint density at radius 3 is 0.783 bits per heavy atom. The number of carboxylic acid groups (broad SMARTS) is 2. The van der Waals surface area contributed by atoms with E-state index in [4.69, 9.17) is 0 Å². The van der Waals surface area contributed by atoms with Crippen molar-refractivity contribution in [2.45, 2.75) is 77.0 Å². The Labute approximate surface area is 418 Å². The van der Waals surface area contributed by atoms with Crippen molar-refractivity contribution in [3.63, 3.8) is 0 Å². The summed E-state index contributed by atoms with van der Waals surface area (Å²) >= 11 is 0. The summed E-state index contributed by atoms with van der Waals surface area (Å²) in [4.78, 5) is 24.0. The minimum atomic E-state index is -1.20. The van der Waals surface area contributed by atoms with E-state index in [0.29, 0.717) is 11.4 Å².